The molecule has 0 aliphatic carbocycles. The summed E-state index contributed by atoms with van der Waals surface area (Å²) in [6.45, 7) is 9.20. The molecule has 7 aromatic rings. The molecule has 3 aromatic carbocycles. The molecule has 332 valence electrons. The van der Waals surface area contributed by atoms with E-state index in [4.69, 9.17) is 0 Å². The van der Waals surface area contributed by atoms with E-state index in [1.165, 1.54) is 30.4 Å². The standard InChI is InChI=1S/C46H29F12N7/c1-4-15-59-44-38(53)32(47)29(33(48)39(44)54)26-20-9-7-18(62-20)19-8-10-21(63-19)27(30-34(49)40(55)45(60-16-5-2)41(56)35(30)50)23-12-14-25(65-23)28(24-13-11-22(26)64-24)31-36(51)42(57)46(61-17-6-3)43(58)37(31)52/h4-14,59-62,64-65H,1-3,15-17H2. The molecule has 0 unspecified atom stereocenters. The molecule has 0 saturated carbocycles. The Morgan fingerprint density at radius 2 is 0.615 bits per heavy atom. The maximum atomic E-state index is 16.4. The number of benzene rings is 3. The molecule has 0 radical (unpaired) electrons. The molecule has 0 atom stereocenters. The van der Waals surface area contributed by atoms with E-state index in [0.29, 0.717) is 0 Å². The van der Waals surface area contributed by atoms with Gasteiger partial charge in [-0.1, -0.05) is 18.2 Å². The Hall–Kier alpha value is -7.83. The van der Waals surface area contributed by atoms with Crippen LogP contribution in [0.5, 0.6) is 0 Å². The van der Waals surface area contributed by atoms with Gasteiger partial charge in [0.25, 0.3) is 0 Å². The van der Waals surface area contributed by atoms with E-state index in [-0.39, 0.29) is 42.1 Å². The zero-order valence-corrected chi connectivity index (χ0v) is 33.1. The summed E-state index contributed by atoms with van der Waals surface area (Å²) in [5.41, 5.74) is -12.2. The van der Waals surface area contributed by atoms with E-state index in [9.17, 15) is 0 Å². The molecule has 19 heteroatoms. The average Bonchev–Trinajstić information content (AvgIpc) is 4.15. The summed E-state index contributed by atoms with van der Waals surface area (Å²) in [7, 11) is 0. The average molecular weight is 908 g/mol. The fraction of sp³-hybridized carbons (Fsp3) is 0.0652. The van der Waals surface area contributed by atoms with Crippen LogP contribution < -0.4 is 16.0 Å². The van der Waals surface area contributed by atoms with Gasteiger partial charge in [-0.15, -0.1) is 19.7 Å². The maximum absolute atomic E-state index is 16.4. The van der Waals surface area contributed by atoms with Crippen molar-refractivity contribution in [1.29, 1.82) is 0 Å². The van der Waals surface area contributed by atoms with Gasteiger partial charge in [0.1, 0.15) is 17.1 Å². The van der Waals surface area contributed by atoms with E-state index in [1.807, 2.05) is 0 Å². The summed E-state index contributed by atoms with van der Waals surface area (Å²) in [6.07, 6.45) is 5.91. The molecule has 8 bridgehead atoms. The van der Waals surface area contributed by atoms with Crippen LogP contribution in [0.2, 0.25) is 0 Å². The lowest BCUT2D eigenvalue weighted by Crippen LogP contribution is -2.09. The molecule has 6 N–H and O–H groups in total. The normalized spacial score (nSPS) is 11.7. The molecule has 65 heavy (non-hydrogen) atoms. The fourth-order valence-corrected chi connectivity index (χ4v) is 7.49. The molecule has 4 aromatic heterocycles. The molecule has 0 fully saturated rings. The zero-order chi connectivity index (χ0) is 46.6. The predicted octanol–water partition coefficient (Wildman–Crippen LogP) is 13.2. The van der Waals surface area contributed by atoms with Crippen LogP contribution in [0.25, 0.3) is 78.6 Å². The number of hydrogen-bond acceptors (Lipinski definition) is 4. The zero-order valence-electron chi connectivity index (χ0n) is 33.1. The first-order chi connectivity index (χ1) is 31.1. The topological polar surface area (TPSA) is 96.3 Å². The number of fused-ring (bicyclic) bond motifs is 9. The minimum absolute atomic E-state index is 0.0118. The maximum Gasteiger partial charge on any atom is 0.185 e. The predicted molar refractivity (Wildman–Crippen MR) is 227 cm³/mol. The molecule has 1 aliphatic rings. The summed E-state index contributed by atoms with van der Waals surface area (Å²) in [4.78, 5) is 12.6. The third kappa shape index (κ3) is 7.12. The second-order valence-corrected chi connectivity index (χ2v) is 14.2. The van der Waals surface area contributed by atoms with E-state index < -0.39 is 142 Å². The first-order valence-electron chi connectivity index (χ1n) is 19.1. The number of aromatic amines is 3. The lowest BCUT2D eigenvalue weighted by atomic mass is 10.0. The number of H-pyrrole nitrogens is 3. The van der Waals surface area contributed by atoms with Gasteiger partial charge in [-0.05, 0) is 48.6 Å². The molecule has 0 amide bonds. The largest absolute Gasteiger partial charge is 0.377 e. The van der Waals surface area contributed by atoms with Crippen molar-refractivity contribution < 1.29 is 52.7 Å². The van der Waals surface area contributed by atoms with Crippen LogP contribution in [-0.4, -0.2) is 39.6 Å². The number of aromatic nitrogens is 4. The monoisotopic (exact) mass is 907 g/mol. The molecule has 0 spiro atoms. The Labute approximate surface area is 358 Å². The van der Waals surface area contributed by atoms with Crippen LogP contribution in [0, 0.1) is 69.8 Å². The van der Waals surface area contributed by atoms with Gasteiger partial charge in [0.05, 0.1) is 33.6 Å². The van der Waals surface area contributed by atoms with Gasteiger partial charge in [-0.2, -0.15) is 0 Å². The molecular formula is C46H29F12N7. The van der Waals surface area contributed by atoms with Gasteiger partial charge in [0.2, 0.25) is 0 Å². The SMILES string of the molecule is C=CCNc1c(F)c(F)c(-c2c3nc(c4ccc([nH]4)c(-c4c(F)c(F)c(NCC=C)c(F)c4F)c4ccc([nH]4)c(-c4c(F)c(F)c(NCC=C)c(F)c4F)c4ccc2[nH]4)C=C3)c(F)c1F. The smallest absolute Gasteiger partial charge is 0.185 e. The van der Waals surface area contributed by atoms with E-state index >= 15 is 52.7 Å². The van der Waals surface area contributed by atoms with E-state index in [1.54, 1.807) is 0 Å². The number of halogens is 12. The van der Waals surface area contributed by atoms with Gasteiger partial charge < -0.3 is 30.9 Å². The number of nitrogens with one attached hydrogen (secondary N) is 6. The Bertz CT molecular complexity index is 3240. The molecule has 0 saturated heterocycles. The molecule has 8 rings (SSSR count). The number of rotatable bonds is 12. The first-order valence-corrected chi connectivity index (χ1v) is 19.1. The highest BCUT2D eigenvalue weighted by Crippen LogP contribution is 2.44. The van der Waals surface area contributed by atoms with Gasteiger partial charge in [-0.25, -0.2) is 57.7 Å². The van der Waals surface area contributed by atoms with E-state index in [0.717, 1.165) is 36.4 Å². The third-order valence-corrected chi connectivity index (χ3v) is 10.4. The molecule has 5 heterocycles. The van der Waals surface area contributed by atoms with Crippen molar-refractivity contribution in [3.63, 3.8) is 0 Å². The van der Waals surface area contributed by atoms with Gasteiger partial charge in [0.15, 0.2) is 69.8 Å². The lowest BCUT2D eigenvalue weighted by molar-refractivity contribution is 0.463. The summed E-state index contributed by atoms with van der Waals surface area (Å²) in [5.74, 6) is -22.9. The highest BCUT2D eigenvalue weighted by Gasteiger charge is 2.32. The van der Waals surface area contributed by atoms with Crippen molar-refractivity contribution >= 4 is 62.3 Å². The summed E-state index contributed by atoms with van der Waals surface area (Å²) in [5, 5.41) is 6.54. The van der Waals surface area contributed by atoms with Gasteiger partial charge in [0, 0.05) is 63.9 Å². The quantitative estimate of drug-likeness (QED) is 0.0418. The van der Waals surface area contributed by atoms with Crippen molar-refractivity contribution in [3.8, 4) is 33.4 Å². The fourth-order valence-electron chi connectivity index (χ4n) is 7.49. The van der Waals surface area contributed by atoms with Crippen molar-refractivity contribution in [2.24, 2.45) is 0 Å². The van der Waals surface area contributed by atoms with Crippen LogP contribution in [0.4, 0.5) is 69.7 Å². The van der Waals surface area contributed by atoms with Crippen LogP contribution in [0.1, 0.15) is 11.4 Å². The van der Waals surface area contributed by atoms with Crippen molar-refractivity contribution in [2.75, 3.05) is 35.6 Å². The molecule has 7 nitrogen and oxygen atoms in total. The minimum atomic E-state index is -1.99. The number of hydrogen-bond donors (Lipinski definition) is 6. The Morgan fingerprint density at radius 3 is 0.938 bits per heavy atom. The summed E-state index contributed by atoms with van der Waals surface area (Å²) < 4.78 is 192. The number of nitrogens with zero attached hydrogens (tertiary/aromatic N) is 1. The van der Waals surface area contributed by atoms with Crippen LogP contribution in [-0.2, 0) is 0 Å². The van der Waals surface area contributed by atoms with E-state index in [2.05, 4.69) is 55.6 Å². The third-order valence-electron chi connectivity index (χ3n) is 10.4. The Kier molecular flexibility index (Phi) is 11.5. The van der Waals surface area contributed by atoms with Gasteiger partial charge >= 0.3 is 0 Å². The Balaban J connectivity index is 1.58. The molecule has 1 aliphatic heterocycles. The lowest BCUT2D eigenvalue weighted by Gasteiger charge is -2.14. The molecular weight excluding hydrogens is 879 g/mol. The second kappa shape index (κ2) is 17.0. The van der Waals surface area contributed by atoms with Crippen LogP contribution >= 0.6 is 0 Å². The summed E-state index contributed by atoms with van der Waals surface area (Å²) >= 11 is 0. The second-order valence-electron chi connectivity index (χ2n) is 14.2. The van der Waals surface area contributed by atoms with Crippen molar-refractivity contribution in [2.45, 2.75) is 0 Å². The highest BCUT2D eigenvalue weighted by atomic mass is 19.2. The van der Waals surface area contributed by atoms with Crippen LogP contribution in [0.15, 0.2) is 74.4 Å². The first kappa shape index (κ1) is 43.8. The Morgan fingerprint density at radius 1 is 0.354 bits per heavy atom. The van der Waals surface area contributed by atoms with Crippen LogP contribution in [0.3, 0.4) is 0 Å². The van der Waals surface area contributed by atoms with Gasteiger partial charge in [-0.3, -0.25) is 0 Å². The van der Waals surface area contributed by atoms with Crippen molar-refractivity contribution in [1.82, 2.24) is 19.9 Å². The minimum Gasteiger partial charge on any atom is -0.377 e. The highest BCUT2D eigenvalue weighted by molar-refractivity contribution is 6.01. The number of anilines is 3. The van der Waals surface area contributed by atoms with Crippen molar-refractivity contribution in [3.05, 3.63) is 156 Å². The summed E-state index contributed by atoms with van der Waals surface area (Å²) in [6, 6.07) is 6.68.